The number of carboxylic acid groups (broad SMARTS) is 1. The van der Waals surface area contributed by atoms with Crippen LogP contribution in [0.5, 0.6) is 0 Å². The van der Waals surface area contributed by atoms with Crippen molar-refractivity contribution in [2.45, 2.75) is 47.3 Å². The van der Waals surface area contributed by atoms with Gasteiger partial charge < -0.3 is 15.0 Å². The van der Waals surface area contributed by atoms with Gasteiger partial charge in [0, 0.05) is 36.6 Å². The Balaban J connectivity index is 1.86. The van der Waals surface area contributed by atoms with Crippen molar-refractivity contribution in [3.63, 3.8) is 0 Å². The lowest BCUT2D eigenvalue weighted by atomic mass is 10.1. The van der Waals surface area contributed by atoms with E-state index < -0.39 is 5.97 Å². The largest absolute Gasteiger partial charge is 0.478 e. The number of aromatic carboxylic acids is 1. The average molecular weight is 377 g/mol. The third kappa shape index (κ3) is 4.18. The van der Waals surface area contributed by atoms with Gasteiger partial charge in [0.15, 0.2) is 0 Å². The molecule has 0 aliphatic carbocycles. The smallest absolute Gasteiger partial charge is 0.337 e. The van der Waals surface area contributed by atoms with Crippen LogP contribution in [0.1, 0.15) is 49.6 Å². The second kappa shape index (κ2) is 8.44. The number of nitrogens with one attached hydrogen (secondary N) is 1. The molecule has 0 saturated heterocycles. The minimum Gasteiger partial charge on any atom is -0.478 e. The highest BCUT2D eigenvalue weighted by Crippen LogP contribution is 2.24. The highest BCUT2D eigenvalue weighted by atomic mass is 16.4. The zero-order valence-electron chi connectivity index (χ0n) is 17.0. The summed E-state index contributed by atoms with van der Waals surface area (Å²) in [4.78, 5) is 12.0. The maximum Gasteiger partial charge on any atom is 0.337 e. The maximum absolute atomic E-state index is 12.0. The van der Waals surface area contributed by atoms with Gasteiger partial charge in [-0.25, -0.2) is 4.79 Å². The fourth-order valence-electron chi connectivity index (χ4n) is 3.80. The summed E-state index contributed by atoms with van der Waals surface area (Å²) < 4.78 is 2.12. The van der Waals surface area contributed by atoms with Gasteiger partial charge in [-0.05, 0) is 44.4 Å². The van der Waals surface area contributed by atoms with E-state index in [9.17, 15) is 9.90 Å². The van der Waals surface area contributed by atoms with Crippen molar-refractivity contribution in [3.8, 4) is 0 Å². The zero-order valence-corrected chi connectivity index (χ0v) is 17.0. The predicted molar refractivity (Wildman–Crippen MR) is 113 cm³/mol. The normalized spacial score (nSPS) is 11.0. The van der Waals surface area contributed by atoms with Gasteiger partial charge in [0.2, 0.25) is 0 Å². The molecule has 0 unspecified atom stereocenters. The highest BCUT2D eigenvalue weighted by Gasteiger charge is 2.22. The molecular formula is C24H28N2O2. The molecule has 0 radical (unpaired) electrons. The van der Waals surface area contributed by atoms with Crippen LogP contribution in [-0.2, 0) is 19.6 Å². The molecule has 2 N–H and O–H groups in total. The first-order valence-electron chi connectivity index (χ1n) is 9.61. The fourth-order valence-corrected chi connectivity index (χ4v) is 3.80. The quantitative estimate of drug-likeness (QED) is 0.625. The molecule has 3 aromatic rings. The van der Waals surface area contributed by atoms with Gasteiger partial charge in [-0.3, -0.25) is 0 Å². The number of nitrogens with zero attached hydrogens (tertiary/aromatic N) is 1. The summed E-state index contributed by atoms with van der Waals surface area (Å²) in [5.74, 6) is -0.864. The molecular weight excluding hydrogens is 348 g/mol. The molecule has 0 aliphatic heterocycles. The van der Waals surface area contributed by atoms with Crippen LogP contribution in [-0.4, -0.2) is 15.6 Å². The SMILES string of the molecule is Cc1cccc(CNCc2c(C(=O)O)c(C)n(Cc3ccccc3C)c2C)c1. The third-order valence-corrected chi connectivity index (χ3v) is 5.43. The fraction of sp³-hybridized carbons (Fsp3) is 0.292. The van der Waals surface area contributed by atoms with Crippen LogP contribution in [0.15, 0.2) is 48.5 Å². The Morgan fingerprint density at radius 2 is 1.71 bits per heavy atom. The number of rotatable bonds is 7. The van der Waals surface area contributed by atoms with Gasteiger partial charge in [-0.1, -0.05) is 54.1 Å². The molecule has 0 bridgehead atoms. The van der Waals surface area contributed by atoms with Gasteiger partial charge in [-0.15, -0.1) is 0 Å². The second-order valence-corrected chi connectivity index (χ2v) is 7.43. The van der Waals surface area contributed by atoms with Crippen molar-refractivity contribution in [1.82, 2.24) is 9.88 Å². The minimum atomic E-state index is -0.864. The number of aromatic nitrogens is 1. The molecule has 0 aliphatic rings. The first-order valence-corrected chi connectivity index (χ1v) is 9.61. The van der Waals surface area contributed by atoms with Crippen molar-refractivity contribution in [2.24, 2.45) is 0 Å². The van der Waals surface area contributed by atoms with Crippen LogP contribution in [0.3, 0.4) is 0 Å². The topological polar surface area (TPSA) is 54.3 Å². The van der Waals surface area contributed by atoms with Gasteiger partial charge in [0.25, 0.3) is 0 Å². The van der Waals surface area contributed by atoms with Crippen molar-refractivity contribution in [1.29, 1.82) is 0 Å². The molecule has 0 atom stereocenters. The van der Waals surface area contributed by atoms with E-state index >= 15 is 0 Å². The van der Waals surface area contributed by atoms with Crippen LogP contribution in [0, 0.1) is 27.7 Å². The molecule has 4 nitrogen and oxygen atoms in total. The standard InChI is InChI=1S/C24H28N2O2/c1-16-8-7-10-20(12-16)13-25-14-22-18(3)26(19(4)23(22)24(27)28)15-21-11-6-5-9-17(21)2/h5-12,25H,13-15H2,1-4H3,(H,27,28). The lowest BCUT2D eigenvalue weighted by molar-refractivity contribution is 0.0694. The summed E-state index contributed by atoms with van der Waals surface area (Å²) in [6.45, 7) is 10.0. The molecule has 0 spiro atoms. The van der Waals surface area contributed by atoms with E-state index in [1.807, 2.05) is 32.0 Å². The molecule has 0 fully saturated rings. The van der Waals surface area contributed by atoms with E-state index in [1.165, 1.54) is 22.3 Å². The molecule has 0 amide bonds. The molecule has 4 heteroatoms. The van der Waals surface area contributed by atoms with E-state index in [2.05, 4.69) is 54.1 Å². The van der Waals surface area contributed by atoms with Crippen molar-refractivity contribution >= 4 is 5.97 Å². The molecule has 28 heavy (non-hydrogen) atoms. The van der Waals surface area contributed by atoms with Crippen LogP contribution in [0.25, 0.3) is 0 Å². The summed E-state index contributed by atoms with van der Waals surface area (Å²) in [7, 11) is 0. The Morgan fingerprint density at radius 3 is 2.39 bits per heavy atom. The Morgan fingerprint density at radius 1 is 0.964 bits per heavy atom. The monoisotopic (exact) mass is 376 g/mol. The van der Waals surface area contributed by atoms with E-state index in [-0.39, 0.29) is 0 Å². The van der Waals surface area contributed by atoms with Gasteiger partial charge in [0.05, 0.1) is 5.56 Å². The van der Waals surface area contributed by atoms with Crippen molar-refractivity contribution in [2.75, 3.05) is 0 Å². The molecule has 1 aromatic heterocycles. The Kier molecular flexibility index (Phi) is 6.00. The first kappa shape index (κ1) is 19.9. The van der Waals surface area contributed by atoms with Crippen molar-refractivity contribution in [3.05, 3.63) is 93.3 Å². The van der Waals surface area contributed by atoms with E-state index in [0.717, 1.165) is 17.0 Å². The molecule has 3 rings (SSSR count). The average Bonchev–Trinajstić information content (AvgIpc) is 2.88. The molecule has 146 valence electrons. The van der Waals surface area contributed by atoms with Crippen LogP contribution >= 0.6 is 0 Å². The summed E-state index contributed by atoms with van der Waals surface area (Å²) >= 11 is 0. The van der Waals surface area contributed by atoms with Gasteiger partial charge in [-0.2, -0.15) is 0 Å². The van der Waals surface area contributed by atoms with Gasteiger partial charge in [0.1, 0.15) is 0 Å². The zero-order chi connectivity index (χ0) is 20.3. The van der Waals surface area contributed by atoms with Crippen molar-refractivity contribution < 1.29 is 9.90 Å². The van der Waals surface area contributed by atoms with Crippen LogP contribution in [0.2, 0.25) is 0 Å². The summed E-state index contributed by atoms with van der Waals surface area (Å²) in [5, 5.41) is 13.2. The Labute approximate surface area is 166 Å². The number of carboxylic acids is 1. The molecule has 0 saturated carbocycles. The number of carbonyl (C=O) groups is 1. The first-order chi connectivity index (χ1) is 13.4. The third-order valence-electron chi connectivity index (χ3n) is 5.43. The lowest BCUT2D eigenvalue weighted by Gasteiger charge is -2.12. The molecule has 1 heterocycles. The van der Waals surface area contributed by atoms with E-state index in [1.54, 1.807) is 0 Å². The van der Waals surface area contributed by atoms with Gasteiger partial charge >= 0.3 is 5.97 Å². The van der Waals surface area contributed by atoms with E-state index in [0.29, 0.717) is 25.2 Å². The lowest BCUT2D eigenvalue weighted by Crippen LogP contribution is -2.15. The Bertz CT molecular complexity index is 1000. The maximum atomic E-state index is 12.0. The molecule has 2 aromatic carbocycles. The van der Waals surface area contributed by atoms with Crippen LogP contribution < -0.4 is 5.32 Å². The summed E-state index contributed by atoms with van der Waals surface area (Å²) in [6, 6.07) is 16.6. The number of hydrogen-bond donors (Lipinski definition) is 2. The minimum absolute atomic E-state index is 0.419. The second-order valence-electron chi connectivity index (χ2n) is 7.43. The number of hydrogen-bond acceptors (Lipinski definition) is 2. The number of benzene rings is 2. The van der Waals surface area contributed by atoms with E-state index in [4.69, 9.17) is 0 Å². The number of aryl methyl sites for hydroxylation is 2. The predicted octanol–water partition coefficient (Wildman–Crippen LogP) is 4.76. The Hall–Kier alpha value is -2.85. The van der Waals surface area contributed by atoms with Crippen LogP contribution in [0.4, 0.5) is 0 Å². The summed E-state index contributed by atoms with van der Waals surface area (Å²) in [6.07, 6.45) is 0. The summed E-state index contributed by atoms with van der Waals surface area (Å²) in [5.41, 5.74) is 7.95. The highest BCUT2D eigenvalue weighted by molar-refractivity contribution is 5.91.